The summed E-state index contributed by atoms with van der Waals surface area (Å²) in [6, 6.07) is 0. The summed E-state index contributed by atoms with van der Waals surface area (Å²) in [4.78, 5) is 24.7. The predicted molar refractivity (Wildman–Crippen MR) is 141 cm³/mol. The predicted octanol–water partition coefficient (Wildman–Crippen LogP) is 3.78. The molecule has 0 saturated heterocycles. The number of nitrogens with zero attached hydrogens (tertiary/aromatic N) is 3. The van der Waals surface area contributed by atoms with Crippen LogP contribution in [0.15, 0.2) is 18.2 Å². The number of carbonyl (C=O) groups is 2. The van der Waals surface area contributed by atoms with E-state index >= 15 is 0 Å². The molecule has 1 aliphatic heterocycles. The summed E-state index contributed by atoms with van der Waals surface area (Å²) in [6.07, 6.45) is 7.76. The summed E-state index contributed by atoms with van der Waals surface area (Å²) in [7, 11) is 0. The zero-order valence-corrected chi connectivity index (χ0v) is 23.0. The van der Waals surface area contributed by atoms with Crippen molar-refractivity contribution in [3.05, 3.63) is 24.1 Å². The molecular weight excluding hydrogens is 488 g/mol. The molecule has 2 aliphatic rings. The van der Waals surface area contributed by atoms with Crippen LogP contribution in [0, 0.1) is 35.5 Å². The van der Waals surface area contributed by atoms with E-state index in [2.05, 4.69) is 34.5 Å². The first-order valence-corrected chi connectivity index (χ1v) is 14.0. The molecule has 212 valence electrons. The van der Waals surface area contributed by atoms with Gasteiger partial charge < -0.3 is 20.1 Å². The Bertz CT molecular complexity index is 965. The molecule has 4 N–H and O–H groups in total. The number of ether oxygens (including phenoxy) is 1. The number of aliphatic hydroxyl groups excluding tert-OH is 2. The molecule has 10 nitrogen and oxygen atoms in total. The summed E-state index contributed by atoms with van der Waals surface area (Å²) in [5.74, 6) is -1.40. The number of rotatable bonds is 3. The van der Waals surface area contributed by atoms with Crippen LogP contribution in [0.5, 0.6) is 0 Å². The van der Waals surface area contributed by atoms with Crippen molar-refractivity contribution in [2.45, 2.75) is 97.4 Å². The van der Waals surface area contributed by atoms with Crippen molar-refractivity contribution in [3.8, 4) is 0 Å². The van der Waals surface area contributed by atoms with Gasteiger partial charge in [0.25, 0.3) is 0 Å². The quantitative estimate of drug-likeness (QED) is 0.425. The number of tetrazole rings is 1. The van der Waals surface area contributed by atoms with Gasteiger partial charge in [-0.15, -0.1) is 10.2 Å². The number of aliphatic hydroxyl groups is 2. The first kappa shape index (κ1) is 30.0. The minimum absolute atomic E-state index is 0.0548. The summed E-state index contributed by atoms with van der Waals surface area (Å²) >= 11 is 0. The summed E-state index contributed by atoms with van der Waals surface area (Å²) in [6.45, 7) is 8.27. The van der Waals surface area contributed by atoms with E-state index in [1.54, 1.807) is 12.2 Å². The van der Waals surface area contributed by atoms with E-state index in [4.69, 9.17) is 4.74 Å². The van der Waals surface area contributed by atoms with Gasteiger partial charge in [-0.3, -0.25) is 9.59 Å². The SMILES string of the molecule is CC1CC(C)CC(C)C(O)/C(c2nn[nH]n2)=C/C=C/CC(C2CCCC2C(=O)O)OC(=O)CC(O)C(C)C1. The van der Waals surface area contributed by atoms with Crippen molar-refractivity contribution in [2.24, 2.45) is 35.5 Å². The van der Waals surface area contributed by atoms with Crippen LogP contribution in [-0.2, 0) is 14.3 Å². The van der Waals surface area contributed by atoms with Gasteiger partial charge in [0.1, 0.15) is 6.10 Å². The Kier molecular flexibility index (Phi) is 11.0. The Morgan fingerprint density at radius 2 is 1.76 bits per heavy atom. The average Bonchev–Trinajstić information content (AvgIpc) is 3.54. The van der Waals surface area contributed by atoms with E-state index in [1.165, 1.54) is 0 Å². The molecule has 0 aromatic carbocycles. The van der Waals surface area contributed by atoms with Gasteiger partial charge in [-0.05, 0) is 61.0 Å². The van der Waals surface area contributed by atoms with E-state index in [1.807, 2.05) is 19.9 Å². The van der Waals surface area contributed by atoms with Crippen molar-refractivity contribution in [1.82, 2.24) is 20.6 Å². The highest BCUT2D eigenvalue weighted by molar-refractivity contribution is 5.72. The third kappa shape index (κ3) is 8.20. The summed E-state index contributed by atoms with van der Waals surface area (Å²) in [5, 5.41) is 45.9. The molecule has 9 unspecified atom stereocenters. The molecule has 2 heterocycles. The fourth-order valence-corrected chi connectivity index (χ4v) is 6.35. The van der Waals surface area contributed by atoms with Gasteiger partial charge in [0.2, 0.25) is 5.82 Å². The van der Waals surface area contributed by atoms with E-state index < -0.39 is 36.2 Å². The maximum Gasteiger partial charge on any atom is 0.308 e. The van der Waals surface area contributed by atoms with Crippen LogP contribution in [0.4, 0.5) is 0 Å². The fourth-order valence-electron chi connectivity index (χ4n) is 6.35. The normalized spacial score (nSPS) is 38.8. The molecule has 9 atom stereocenters. The highest BCUT2D eigenvalue weighted by Gasteiger charge is 2.39. The largest absolute Gasteiger partial charge is 0.481 e. The minimum Gasteiger partial charge on any atom is -0.481 e. The first-order chi connectivity index (χ1) is 18.1. The van der Waals surface area contributed by atoms with Gasteiger partial charge in [-0.25, -0.2) is 0 Å². The zero-order chi connectivity index (χ0) is 27.8. The number of nitrogens with one attached hydrogen (secondary N) is 1. The molecule has 1 fully saturated rings. The van der Waals surface area contributed by atoms with E-state index in [-0.39, 0.29) is 24.2 Å². The Morgan fingerprint density at radius 1 is 1.05 bits per heavy atom. The smallest absolute Gasteiger partial charge is 0.308 e. The fraction of sp³-hybridized carbons (Fsp3) is 0.750. The van der Waals surface area contributed by atoms with Crippen LogP contribution in [0.2, 0.25) is 0 Å². The molecule has 0 amide bonds. The number of carboxylic acids is 1. The zero-order valence-electron chi connectivity index (χ0n) is 23.0. The van der Waals surface area contributed by atoms with Gasteiger partial charge in [-0.2, -0.15) is 5.21 Å². The van der Waals surface area contributed by atoms with Crippen molar-refractivity contribution in [2.75, 3.05) is 0 Å². The van der Waals surface area contributed by atoms with Gasteiger partial charge in [0.15, 0.2) is 0 Å². The van der Waals surface area contributed by atoms with Crippen molar-refractivity contribution in [1.29, 1.82) is 0 Å². The van der Waals surface area contributed by atoms with Crippen molar-refractivity contribution in [3.63, 3.8) is 0 Å². The van der Waals surface area contributed by atoms with Gasteiger partial charge in [0, 0.05) is 17.9 Å². The topological polar surface area (TPSA) is 159 Å². The monoisotopic (exact) mass is 532 g/mol. The molecule has 38 heavy (non-hydrogen) atoms. The number of aromatic amines is 1. The third-order valence-electron chi connectivity index (χ3n) is 8.27. The Hall–Kier alpha value is -2.59. The van der Waals surface area contributed by atoms with Crippen LogP contribution in [0.25, 0.3) is 5.57 Å². The highest BCUT2D eigenvalue weighted by Crippen LogP contribution is 2.37. The number of allylic oxidation sites excluding steroid dienone is 2. The van der Waals surface area contributed by atoms with Crippen LogP contribution in [0.3, 0.4) is 0 Å². The Labute approximate surface area is 224 Å². The minimum atomic E-state index is -0.875. The van der Waals surface area contributed by atoms with E-state index in [0.29, 0.717) is 42.5 Å². The number of aliphatic carboxylic acids is 1. The lowest BCUT2D eigenvalue weighted by atomic mass is 9.81. The molecule has 0 bridgehead atoms. The first-order valence-electron chi connectivity index (χ1n) is 14.0. The number of carboxylic acid groups (broad SMARTS) is 1. The lowest BCUT2D eigenvalue weighted by Gasteiger charge is -2.28. The maximum absolute atomic E-state index is 12.9. The van der Waals surface area contributed by atoms with E-state index in [9.17, 15) is 24.9 Å². The Balaban J connectivity index is 1.90. The van der Waals surface area contributed by atoms with Crippen molar-refractivity contribution >= 4 is 17.5 Å². The number of carbonyl (C=O) groups excluding carboxylic acids is 1. The number of aromatic nitrogens is 4. The second-order valence-corrected chi connectivity index (χ2v) is 11.7. The van der Waals surface area contributed by atoms with Crippen LogP contribution in [0.1, 0.15) is 84.9 Å². The summed E-state index contributed by atoms with van der Waals surface area (Å²) in [5.41, 5.74) is 0.540. The molecule has 1 aromatic rings. The molecule has 1 aliphatic carbocycles. The van der Waals surface area contributed by atoms with Gasteiger partial charge in [-0.1, -0.05) is 52.3 Å². The second kappa shape index (κ2) is 14.0. The Morgan fingerprint density at radius 3 is 2.42 bits per heavy atom. The molecule has 10 heteroatoms. The van der Waals surface area contributed by atoms with Gasteiger partial charge in [0.05, 0.1) is 24.5 Å². The van der Waals surface area contributed by atoms with Crippen LogP contribution in [-0.4, -0.2) is 66.2 Å². The molecular formula is C28H44N4O6. The van der Waals surface area contributed by atoms with Crippen molar-refractivity contribution < 1.29 is 29.6 Å². The molecule has 0 radical (unpaired) electrons. The van der Waals surface area contributed by atoms with Crippen LogP contribution < -0.4 is 0 Å². The molecule has 1 saturated carbocycles. The number of H-pyrrole nitrogens is 1. The number of hydrogen-bond donors (Lipinski definition) is 4. The molecule has 1 aromatic heterocycles. The highest BCUT2D eigenvalue weighted by atomic mass is 16.5. The average molecular weight is 533 g/mol. The molecule has 3 rings (SSSR count). The lowest BCUT2D eigenvalue weighted by Crippen LogP contribution is -2.34. The number of esters is 1. The standard InChI is InChI=1S/C28H44N4O6/c1-16-12-17(2)14-19(4)26(35)22(27-29-31-32-30-27)8-5-6-11-24(20-9-7-10-21(20)28(36)37)38-25(34)15-23(33)18(3)13-16/h5-6,8,16-21,23-24,26,33,35H,7,9-15H2,1-4H3,(H,36,37)(H,29,30,31,32)/b6-5+,22-8-. The second-order valence-electron chi connectivity index (χ2n) is 11.7. The van der Waals surface area contributed by atoms with Crippen LogP contribution >= 0.6 is 0 Å². The number of hydrogen-bond acceptors (Lipinski definition) is 8. The van der Waals surface area contributed by atoms with Gasteiger partial charge >= 0.3 is 11.9 Å². The lowest BCUT2D eigenvalue weighted by molar-refractivity contribution is -0.159. The summed E-state index contributed by atoms with van der Waals surface area (Å²) < 4.78 is 5.84. The maximum atomic E-state index is 12.9. The third-order valence-corrected chi connectivity index (χ3v) is 8.27. The molecule has 0 spiro atoms. The number of cyclic esters (lactones) is 1. The van der Waals surface area contributed by atoms with E-state index in [0.717, 1.165) is 25.7 Å².